The molecule has 0 spiro atoms. The summed E-state index contributed by atoms with van der Waals surface area (Å²) in [6.07, 6.45) is 0.631. The Kier molecular flexibility index (Phi) is 5.46. The average Bonchev–Trinajstić information content (AvgIpc) is 2.37. The molecule has 0 bridgehead atoms. The fraction of sp³-hybridized carbons (Fsp3) is 0.333. The third-order valence-electron chi connectivity index (χ3n) is 2.36. The van der Waals surface area contributed by atoms with Crippen LogP contribution in [0.3, 0.4) is 0 Å². The van der Waals surface area contributed by atoms with Crippen molar-refractivity contribution >= 4 is 11.9 Å². The molecule has 0 fully saturated rings. The van der Waals surface area contributed by atoms with Gasteiger partial charge in [-0.1, -0.05) is 0 Å². The smallest absolute Gasteiger partial charge is 0.251 e. The van der Waals surface area contributed by atoms with Gasteiger partial charge in [-0.15, -0.1) is 0 Å². The zero-order chi connectivity index (χ0) is 14.3. The number of amides is 1. The summed E-state index contributed by atoms with van der Waals surface area (Å²) in [5.41, 5.74) is 10.7. The lowest BCUT2D eigenvalue weighted by molar-refractivity contribution is 0.0953. The van der Waals surface area contributed by atoms with Crippen LogP contribution in [0.25, 0.3) is 0 Å². The summed E-state index contributed by atoms with van der Waals surface area (Å²) >= 11 is 0. The lowest BCUT2D eigenvalue weighted by Crippen LogP contribution is -2.26. The Morgan fingerprint density at radius 2 is 2.21 bits per heavy atom. The van der Waals surface area contributed by atoms with Gasteiger partial charge in [0.1, 0.15) is 0 Å². The zero-order valence-electron chi connectivity index (χ0n) is 10.7. The minimum atomic E-state index is -0.275. The van der Waals surface area contributed by atoms with Gasteiger partial charge in [0.25, 0.3) is 5.91 Å². The highest BCUT2D eigenvalue weighted by molar-refractivity contribution is 5.94. The van der Waals surface area contributed by atoms with Crippen molar-refractivity contribution in [3.63, 3.8) is 0 Å². The van der Waals surface area contributed by atoms with Crippen molar-refractivity contribution in [2.24, 2.45) is 16.5 Å². The van der Waals surface area contributed by atoms with Crippen molar-refractivity contribution < 1.29 is 14.6 Å². The molecular weight excluding hydrogens is 248 g/mol. The molecule has 1 rings (SSSR count). The number of carbonyl (C=O) groups is 1. The number of guanidine groups is 1. The molecular formula is C12H18N4O3. The van der Waals surface area contributed by atoms with E-state index in [0.717, 1.165) is 0 Å². The lowest BCUT2D eigenvalue weighted by atomic mass is 10.2. The summed E-state index contributed by atoms with van der Waals surface area (Å²) < 4.78 is 4.90. The minimum absolute atomic E-state index is 0.0337. The van der Waals surface area contributed by atoms with E-state index in [9.17, 15) is 9.90 Å². The number of methoxy groups -OCH3 is 1. The molecule has 0 saturated heterocycles. The van der Waals surface area contributed by atoms with Crippen LogP contribution in [0.15, 0.2) is 23.2 Å². The molecule has 0 saturated carbocycles. The minimum Gasteiger partial charge on any atom is -0.504 e. The second-order valence-electron chi connectivity index (χ2n) is 3.80. The summed E-state index contributed by atoms with van der Waals surface area (Å²) in [5, 5.41) is 12.3. The number of carbonyl (C=O) groups excluding carboxylic acids is 1. The predicted molar refractivity (Wildman–Crippen MR) is 72.3 cm³/mol. The van der Waals surface area contributed by atoms with E-state index in [1.165, 1.54) is 19.2 Å². The van der Waals surface area contributed by atoms with Gasteiger partial charge >= 0.3 is 0 Å². The maximum atomic E-state index is 11.7. The number of benzene rings is 1. The monoisotopic (exact) mass is 266 g/mol. The number of hydrogen-bond donors (Lipinski definition) is 4. The summed E-state index contributed by atoms with van der Waals surface area (Å²) in [7, 11) is 1.44. The van der Waals surface area contributed by atoms with Crippen LogP contribution >= 0.6 is 0 Å². The van der Waals surface area contributed by atoms with E-state index in [4.69, 9.17) is 16.2 Å². The number of phenolic OH excluding ortho intramolecular Hbond substituents is 1. The van der Waals surface area contributed by atoms with E-state index in [0.29, 0.717) is 30.8 Å². The van der Waals surface area contributed by atoms with Crippen molar-refractivity contribution in [2.45, 2.75) is 6.42 Å². The molecule has 0 aliphatic heterocycles. The molecule has 0 aliphatic rings. The molecule has 7 heteroatoms. The van der Waals surface area contributed by atoms with Crippen LogP contribution < -0.4 is 21.5 Å². The first-order valence-electron chi connectivity index (χ1n) is 5.75. The Morgan fingerprint density at radius 1 is 1.47 bits per heavy atom. The molecule has 19 heavy (non-hydrogen) atoms. The van der Waals surface area contributed by atoms with Crippen molar-refractivity contribution in [3.05, 3.63) is 23.8 Å². The molecule has 7 nitrogen and oxygen atoms in total. The lowest BCUT2D eigenvalue weighted by Gasteiger charge is -2.07. The first kappa shape index (κ1) is 14.6. The van der Waals surface area contributed by atoms with E-state index >= 15 is 0 Å². The third kappa shape index (κ3) is 4.74. The van der Waals surface area contributed by atoms with E-state index in [2.05, 4.69) is 10.3 Å². The molecule has 0 radical (unpaired) electrons. The first-order valence-corrected chi connectivity index (χ1v) is 5.75. The topological polar surface area (TPSA) is 123 Å². The Labute approximate surface area is 111 Å². The van der Waals surface area contributed by atoms with Gasteiger partial charge in [-0.05, 0) is 24.6 Å². The number of hydrogen-bond acceptors (Lipinski definition) is 4. The van der Waals surface area contributed by atoms with Crippen LogP contribution in [0.4, 0.5) is 0 Å². The Morgan fingerprint density at radius 3 is 2.79 bits per heavy atom. The number of rotatable bonds is 6. The average molecular weight is 266 g/mol. The van der Waals surface area contributed by atoms with Gasteiger partial charge in [0.15, 0.2) is 17.5 Å². The van der Waals surface area contributed by atoms with Gasteiger partial charge in [-0.25, -0.2) is 0 Å². The highest BCUT2D eigenvalue weighted by atomic mass is 16.5. The van der Waals surface area contributed by atoms with Crippen LogP contribution in [-0.2, 0) is 0 Å². The van der Waals surface area contributed by atoms with E-state index in [-0.39, 0.29) is 17.6 Å². The van der Waals surface area contributed by atoms with Crippen molar-refractivity contribution in [2.75, 3.05) is 20.2 Å². The maximum Gasteiger partial charge on any atom is 0.251 e. The van der Waals surface area contributed by atoms with Gasteiger partial charge in [-0.3, -0.25) is 9.79 Å². The van der Waals surface area contributed by atoms with Gasteiger partial charge in [0, 0.05) is 18.7 Å². The SMILES string of the molecule is COc1ccc(C(=O)NCCCN=C(N)N)cc1O. The van der Waals surface area contributed by atoms with Crippen LogP contribution in [0.2, 0.25) is 0 Å². The van der Waals surface area contributed by atoms with Gasteiger partial charge in [-0.2, -0.15) is 0 Å². The third-order valence-corrected chi connectivity index (χ3v) is 2.36. The number of nitrogens with zero attached hydrogens (tertiary/aromatic N) is 1. The summed E-state index contributed by atoms with van der Waals surface area (Å²) in [6.45, 7) is 0.902. The summed E-state index contributed by atoms with van der Waals surface area (Å²) in [6, 6.07) is 4.46. The Balaban J connectivity index is 2.45. The molecule has 104 valence electrons. The Hall–Kier alpha value is -2.44. The molecule has 6 N–H and O–H groups in total. The van der Waals surface area contributed by atoms with Crippen LogP contribution in [-0.4, -0.2) is 37.2 Å². The fourth-order valence-electron chi connectivity index (χ4n) is 1.42. The maximum absolute atomic E-state index is 11.7. The van der Waals surface area contributed by atoms with Gasteiger partial charge in [0.2, 0.25) is 0 Å². The van der Waals surface area contributed by atoms with Crippen molar-refractivity contribution in [3.8, 4) is 11.5 Å². The number of phenols is 1. The molecule has 1 amide bonds. The van der Waals surface area contributed by atoms with E-state index in [1.54, 1.807) is 6.07 Å². The standard InChI is InChI=1S/C12H18N4O3/c1-19-10-4-3-8(7-9(10)17)11(18)15-5-2-6-16-12(13)14/h3-4,7,17H,2,5-6H2,1H3,(H,15,18)(H4,13,14,16). The highest BCUT2D eigenvalue weighted by Crippen LogP contribution is 2.25. The second-order valence-corrected chi connectivity index (χ2v) is 3.80. The molecule has 0 atom stereocenters. The quantitative estimate of drug-likeness (QED) is 0.322. The van der Waals surface area contributed by atoms with Crippen LogP contribution in [0, 0.1) is 0 Å². The number of nitrogens with one attached hydrogen (secondary N) is 1. The Bertz CT molecular complexity index is 470. The van der Waals surface area contributed by atoms with E-state index in [1.807, 2.05) is 0 Å². The van der Waals surface area contributed by atoms with Gasteiger partial charge < -0.3 is 26.6 Å². The van der Waals surface area contributed by atoms with Gasteiger partial charge in [0.05, 0.1) is 7.11 Å². The predicted octanol–water partition coefficient (Wildman–Crippen LogP) is -0.206. The number of aromatic hydroxyl groups is 1. The normalized spacial score (nSPS) is 9.74. The number of aliphatic imine (C=N–C) groups is 1. The first-order chi connectivity index (χ1) is 9.04. The molecule has 0 aromatic heterocycles. The molecule has 0 heterocycles. The zero-order valence-corrected chi connectivity index (χ0v) is 10.7. The fourth-order valence-corrected chi connectivity index (χ4v) is 1.42. The number of nitrogens with two attached hydrogens (primary N) is 2. The van der Waals surface area contributed by atoms with Crippen molar-refractivity contribution in [1.82, 2.24) is 5.32 Å². The van der Waals surface area contributed by atoms with Crippen LogP contribution in [0.5, 0.6) is 11.5 Å². The highest BCUT2D eigenvalue weighted by Gasteiger charge is 2.08. The molecule has 0 unspecified atom stereocenters. The molecule has 1 aromatic rings. The summed E-state index contributed by atoms with van der Waals surface area (Å²) in [5.74, 6) is 0.00835. The second kappa shape index (κ2) is 7.10. The van der Waals surface area contributed by atoms with Crippen molar-refractivity contribution in [1.29, 1.82) is 0 Å². The number of ether oxygens (including phenoxy) is 1. The molecule has 0 aliphatic carbocycles. The largest absolute Gasteiger partial charge is 0.504 e. The summed E-state index contributed by atoms with van der Waals surface area (Å²) in [4.78, 5) is 15.5. The molecule has 1 aromatic carbocycles. The van der Waals surface area contributed by atoms with E-state index < -0.39 is 0 Å². The van der Waals surface area contributed by atoms with Crippen LogP contribution in [0.1, 0.15) is 16.8 Å².